The zero-order valence-electron chi connectivity index (χ0n) is 10.2. The number of hydrogen-bond acceptors (Lipinski definition) is 1. The summed E-state index contributed by atoms with van der Waals surface area (Å²) in [4.78, 5) is 2.46. The molecule has 2 aromatic carbocycles. The zero-order chi connectivity index (χ0) is 12.4. The molecule has 1 aliphatic rings. The van der Waals surface area contributed by atoms with Crippen LogP contribution in [0.25, 0.3) is 0 Å². The molecule has 2 aromatic rings. The van der Waals surface area contributed by atoms with Crippen LogP contribution in [0.1, 0.15) is 17.9 Å². The molecule has 0 bridgehead atoms. The molecule has 1 heterocycles. The van der Waals surface area contributed by atoms with Crippen LogP contribution < -0.4 is 4.90 Å². The smallest absolute Gasteiger partial charge is 0.0406 e. The van der Waals surface area contributed by atoms with Crippen molar-refractivity contribution in [1.82, 2.24) is 0 Å². The molecule has 1 atom stereocenters. The Balaban J connectivity index is 1.74. The van der Waals surface area contributed by atoms with Crippen LogP contribution in [0, 0.1) is 0 Å². The maximum Gasteiger partial charge on any atom is 0.0406 e. The second-order valence-electron chi connectivity index (χ2n) is 4.82. The van der Waals surface area contributed by atoms with E-state index in [1.165, 1.54) is 17.7 Å². The van der Waals surface area contributed by atoms with Gasteiger partial charge in [0, 0.05) is 29.7 Å². The van der Waals surface area contributed by atoms with Crippen LogP contribution in [0.5, 0.6) is 0 Å². The van der Waals surface area contributed by atoms with E-state index in [1.807, 2.05) is 12.1 Å². The summed E-state index contributed by atoms with van der Waals surface area (Å²) < 4.78 is 0. The fraction of sp³-hybridized carbons (Fsp3) is 0.250. The molecule has 0 aliphatic carbocycles. The third-order valence-corrected chi connectivity index (χ3v) is 3.90. The van der Waals surface area contributed by atoms with E-state index in [4.69, 9.17) is 11.6 Å². The number of nitrogens with zero attached hydrogens (tertiary/aromatic N) is 1. The van der Waals surface area contributed by atoms with Crippen LogP contribution in [-0.4, -0.2) is 13.1 Å². The van der Waals surface area contributed by atoms with Gasteiger partial charge in [0.1, 0.15) is 0 Å². The second kappa shape index (κ2) is 5.03. The Morgan fingerprint density at radius 1 is 0.944 bits per heavy atom. The Bertz CT molecular complexity index is 506. The molecule has 18 heavy (non-hydrogen) atoms. The van der Waals surface area contributed by atoms with Gasteiger partial charge < -0.3 is 4.90 Å². The standard InChI is InChI=1S/C16H16ClN/c17-15-8-6-13(7-9-15)14-10-11-18(12-14)16-4-2-1-3-5-16/h1-9,14H,10-12H2. The van der Waals surface area contributed by atoms with Crippen LogP contribution in [0.4, 0.5) is 5.69 Å². The predicted molar refractivity (Wildman–Crippen MR) is 77.5 cm³/mol. The van der Waals surface area contributed by atoms with Gasteiger partial charge in [0.25, 0.3) is 0 Å². The van der Waals surface area contributed by atoms with E-state index < -0.39 is 0 Å². The number of benzene rings is 2. The largest absolute Gasteiger partial charge is 0.371 e. The van der Waals surface area contributed by atoms with Gasteiger partial charge in [-0.05, 0) is 36.2 Å². The molecule has 0 radical (unpaired) electrons. The Morgan fingerprint density at radius 3 is 2.39 bits per heavy atom. The van der Waals surface area contributed by atoms with Crippen molar-refractivity contribution >= 4 is 17.3 Å². The van der Waals surface area contributed by atoms with Gasteiger partial charge in [-0.15, -0.1) is 0 Å². The Labute approximate surface area is 113 Å². The van der Waals surface area contributed by atoms with Crippen molar-refractivity contribution in [3.8, 4) is 0 Å². The lowest BCUT2D eigenvalue weighted by Crippen LogP contribution is -2.18. The molecule has 0 amide bonds. The van der Waals surface area contributed by atoms with Gasteiger partial charge in [0.2, 0.25) is 0 Å². The number of para-hydroxylation sites is 1. The summed E-state index contributed by atoms with van der Waals surface area (Å²) in [6, 6.07) is 18.9. The first-order chi connectivity index (χ1) is 8.83. The van der Waals surface area contributed by atoms with Crippen molar-refractivity contribution in [3.63, 3.8) is 0 Å². The molecule has 0 spiro atoms. The van der Waals surface area contributed by atoms with Crippen LogP contribution in [0.15, 0.2) is 54.6 Å². The number of hydrogen-bond donors (Lipinski definition) is 0. The summed E-state index contributed by atoms with van der Waals surface area (Å²) in [6.45, 7) is 2.24. The summed E-state index contributed by atoms with van der Waals surface area (Å²) in [5, 5.41) is 0.816. The van der Waals surface area contributed by atoms with E-state index in [9.17, 15) is 0 Å². The monoisotopic (exact) mass is 257 g/mol. The lowest BCUT2D eigenvalue weighted by Gasteiger charge is -2.18. The maximum atomic E-state index is 5.93. The molecule has 0 saturated carbocycles. The van der Waals surface area contributed by atoms with Crippen LogP contribution in [0.3, 0.4) is 0 Å². The Morgan fingerprint density at radius 2 is 1.67 bits per heavy atom. The molecule has 3 rings (SSSR count). The minimum Gasteiger partial charge on any atom is -0.371 e. The lowest BCUT2D eigenvalue weighted by molar-refractivity contribution is 0.775. The summed E-state index contributed by atoms with van der Waals surface area (Å²) >= 11 is 5.93. The van der Waals surface area contributed by atoms with E-state index in [-0.39, 0.29) is 0 Å². The highest BCUT2D eigenvalue weighted by Crippen LogP contribution is 2.31. The number of anilines is 1. The molecular formula is C16H16ClN. The average molecular weight is 258 g/mol. The van der Waals surface area contributed by atoms with Gasteiger partial charge in [0.15, 0.2) is 0 Å². The zero-order valence-corrected chi connectivity index (χ0v) is 11.0. The van der Waals surface area contributed by atoms with Crippen LogP contribution in [-0.2, 0) is 0 Å². The molecule has 2 heteroatoms. The van der Waals surface area contributed by atoms with Gasteiger partial charge in [-0.3, -0.25) is 0 Å². The van der Waals surface area contributed by atoms with Crippen molar-refractivity contribution in [2.24, 2.45) is 0 Å². The molecule has 0 N–H and O–H groups in total. The minimum atomic E-state index is 0.627. The first-order valence-electron chi connectivity index (χ1n) is 6.38. The molecule has 0 aromatic heterocycles. The van der Waals surface area contributed by atoms with Crippen molar-refractivity contribution < 1.29 is 0 Å². The Hall–Kier alpha value is -1.47. The van der Waals surface area contributed by atoms with Crippen molar-refractivity contribution in [3.05, 3.63) is 65.2 Å². The van der Waals surface area contributed by atoms with E-state index >= 15 is 0 Å². The molecule has 92 valence electrons. The molecule has 1 nitrogen and oxygen atoms in total. The molecule has 1 fully saturated rings. The molecular weight excluding hydrogens is 242 g/mol. The summed E-state index contributed by atoms with van der Waals surface area (Å²) in [6.07, 6.45) is 1.22. The fourth-order valence-electron chi connectivity index (χ4n) is 2.64. The highest BCUT2D eigenvalue weighted by Gasteiger charge is 2.23. The minimum absolute atomic E-state index is 0.627. The quantitative estimate of drug-likeness (QED) is 0.774. The topological polar surface area (TPSA) is 3.24 Å². The van der Waals surface area contributed by atoms with Crippen LogP contribution in [0.2, 0.25) is 5.02 Å². The van der Waals surface area contributed by atoms with Gasteiger partial charge in [-0.25, -0.2) is 0 Å². The molecule has 1 saturated heterocycles. The highest BCUT2D eigenvalue weighted by molar-refractivity contribution is 6.30. The maximum absolute atomic E-state index is 5.93. The number of halogens is 1. The third kappa shape index (κ3) is 2.37. The summed E-state index contributed by atoms with van der Waals surface area (Å²) in [5.41, 5.74) is 2.73. The van der Waals surface area contributed by atoms with Gasteiger partial charge >= 0.3 is 0 Å². The summed E-state index contributed by atoms with van der Waals surface area (Å²) in [7, 11) is 0. The van der Waals surface area contributed by atoms with E-state index in [1.54, 1.807) is 0 Å². The third-order valence-electron chi connectivity index (χ3n) is 3.65. The second-order valence-corrected chi connectivity index (χ2v) is 5.26. The molecule has 1 unspecified atom stereocenters. The Kier molecular flexibility index (Phi) is 3.24. The van der Waals surface area contributed by atoms with Crippen molar-refractivity contribution in [1.29, 1.82) is 0 Å². The SMILES string of the molecule is Clc1ccc(C2CCN(c3ccccc3)C2)cc1. The van der Waals surface area contributed by atoms with Crippen LogP contribution >= 0.6 is 11.6 Å². The highest BCUT2D eigenvalue weighted by atomic mass is 35.5. The van der Waals surface area contributed by atoms with E-state index in [0.717, 1.165) is 18.1 Å². The first kappa shape index (κ1) is 11.6. The summed E-state index contributed by atoms with van der Waals surface area (Å²) in [5.74, 6) is 0.627. The lowest BCUT2D eigenvalue weighted by atomic mass is 9.99. The average Bonchev–Trinajstić information content (AvgIpc) is 2.90. The van der Waals surface area contributed by atoms with Gasteiger partial charge in [-0.2, -0.15) is 0 Å². The molecule has 1 aliphatic heterocycles. The van der Waals surface area contributed by atoms with Gasteiger partial charge in [0.05, 0.1) is 0 Å². The predicted octanol–water partition coefficient (Wildman–Crippen LogP) is 4.33. The first-order valence-corrected chi connectivity index (χ1v) is 6.76. The van der Waals surface area contributed by atoms with Crippen molar-refractivity contribution in [2.75, 3.05) is 18.0 Å². The fourth-order valence-corrected chi connectivity index (χ4v) is 2.77. The van der Waals surface area contributed by atoms with Gasteiger partial charge in [-0.1, -0.05) is 41.9 Å². The van der Waals surface area contributed by atoms with E-state index in [2.05, 4.69) is 47.4 Å². The van der Waals surface area contributed by atoms with Crippen molar-refractivity contribution in [2.45, 2.75) is 12.3 Å². The number of rotatable bonds is 2. The normalized spacial score (nSPS) is 19.2. The van der Waals surface area contributed by atoms with E-state index in [0.29, 0.717) is 5.92 Å².